The SMILES string of the molecule is CCC1(CNC(=NC)NCc2cccc(OC(F)F)c2)CCC1.I. The molecule has 0 unspecified atom stereocenters. The minimum absolute atomic E-state index is 0. The summed E-state index contributed by atoms with van der Waals surface area (Å²) in [6, 6.07) is 6.68. The molecule has 2 rings (SSSR count). The van der Waals surface area contributed by atoms with Crippen LogP contribution in [-0.2, 0) is 6.54 Å². The molecule has 24 heavy (non-hydrogen) atoms. The van der Waals surface area contributed by atoms with Crippen LogP contribution >= 0.6 is 24.0 Å². The Morgan fingerprint density at radius 1 is 1.33 bits per heavy atom. The van der Waals surface area contributed by atoms with E-state index in [0.717, 1.165) is 18.1 Å². The fourth-order valence-corrected chi connectivity index (χ4v) is 2.84. The number of guanidine groups is 1. The third kappa shape index (κ3) is 6.07. The van der Waals surface area contributed by atoms with Gasteiger partial charge in [-0.3, -0.25) is 4.99 Å². The van der Waals surface area contributed by atoms with Gasteiger partial charge in [-0.2, -0.15) is 8.78 Å². The fraction of sp³-hybridized carbons (Fsp3) is 0.588. The van der Waals surface area contributed by atoms with E-state index < -0.39 is 6.61 Å². The van der Waals surface area contributed by atoms with E-state index in [0.29, 0.717) is 12.0 Å². The van der Waals surface area contributed by atoms with Crippen molar-refractivity contribution in [3.8, 4) is 5.75 Å². The molecule has 0 amide bonds. The number of nitrogens with one attached hydrogen (secondary N) is 2. The molecular formula is C17H26F2IN3O. The molecule has 1 aliphatic carbocycles. The van der Waals surface area contributed by atoms with Crippen LogP contribution in [0.1, 0.15) is 38.2 Å². The topological polar surface area (TPSA) is 45.7 Å². The zero-order valence-electron chi connectivity index (χ0n) is 14.1. The van der Waals surface area contributed by atoms with Crippen molar-refractivity contribution in [2.24, 2.45) is 10.4 Å². The van der Waals surface area contributed by atoms with Gasteiger partial charge in [-0.25, -0.2) is 0 Å². The van der Waals surface area contributed by atoms with Crippen molar-refractivity contribution in [1.29, 1.82) is 0 Å². The Morgan fingerprint density at radius 3 is 2.62 bits per heavy atom. The normalized spacial score (nSPS) is 16.1. The summed E-state index contributed by atoms with van der Waals surface area (Å²) >= 11 is 0. The lowest BCUT2D eigenvalue weighted by molar-refractivity contribution is -0.0498. The first kappa shape index (κ1) is 20.9. The summed E-state index contributed by atoms with van der Waals surface area (Å²) in [5, 5.41) is 6.57. The molecule has 136 valence electrons. The van der Waals surface area contributed by atoms with Crippen molar-refractivity contribution < 1.29 is 13.5 Å². The van der Waals surface area contributed by atoms with Gasteiger partial charge in [0.15, 0.2) is 5.96 Å². The lowest BCUT2D eigenvalue weighted by Gasteiger charge is -2.41. The lowest BCUT2D eigenvalue weighted by Crippen LogP contribution is -2.46. The van der Waals surface area contributed by atoms with Crippen LogP contribution in [0.2, 0.25) is 0 Å². The van der Waals surface area contributed by atoms with Crippen molar-refractivity contribution in [2.75, 3.05) is 13.6 Å². The molecule has 1 aromatic rings. The highest BCUT2D eigenvalue weighted by Crippen LogP contribution is 2.42. The van der Waals surface area contributed by atoms with Crippen LogP contribution in [0.5, 0.6) is 5.75 Å². The second-order valence-electron chi connectivity index (χ2n) is 6.01. The molecule has 0 aromatic heterocycles. The molecule has 4 nitrogen and oxygen atoms in total. The number of hydrogen-bond donors (Lipinski definition) is 2. The molecule has 2 N–H and O–H groups in total. The molecule has 0 saturated heterocycles. The van der Waals surface area contributed by atoms with Crippen LogP contribution in [0.4, 0.5) is 8.78 Å². The quantitative estimate of drug-likeness (QED) is 0.371. The van der Waals surface area contributed by atoms with Gasteiger partial charge in [0.25, 0.3) is 0 Å². The average molecular weight is 453 g/mol. The van der Waals surface area contributed by atoms with Crippen LogP contribution < -0.4 is 15.4 Å². The first-order chi connectivity index (χ1) is 11.1. The molecule has 1 aliphatic rings. The van der Waals surface area contributed by atoms with Crippen molar-refractivity contribution >= 4 is 29.9 Å². The van der Waals surface area contributed by atoms with Crippen molar-refractivity contribution in [3.63, 3.8) is 0 Å². The second-order valence-corrected chi connectivity index (χ2v) is 6.01. The largest absolute Gasteiger partial charge is 0.435 e. The average Bonchev–Trinajstić information content (AvgIpc) is 2.49. The summed E-state index contributed by atoms with van der Waals surface area (Å²) in [5.41, 5.74) is 1.27. The zero-order valence-corrected chi connectivity index (χ0v) is 16.5. The Kier molecular flexibility index (Phi) is 8.72. The van der Waals surface area contributed by atoms with Gasteiger partial charge < -0.3 is 15.4 Å². The Balaban J connectivity index is 0.00000288. The molecule has 1 fully saturated rings. The number of alkyl halides is 2. The van der Waals surface area contributed by atoms with Crippen molar-refractivity contribution in [1.82, 2.24) is 10.6 Å². The lowest BCUT2D eigenvalue weighted by atomic mass is 9.67. The van der Waals surface area contributed by atoms with Gasteiger partial charge in [-0.05, 0) is 42.4 Å². The Hall–Kier alpha value is -1.12. The third-order valence-electron chi connectivity index (χ3n) is 4.60. The number of benzene rings is 1. The number of ether oxygens (including phenoxy) is 1. The van der Waals surface area contributed by atoms with Crippen LogP contribution in [0.15, 0.2) is 29.3 Å². The summed E-state index contributed by atoms with van der Waals surface area (Å²) < 4.78 is 28.9. The molecule has 0 spiro atoms. The van der Waals surface area contributed by atoms with Gasteiger partial charge in [0.05, 0.1) is 0 Å². The molecule has 0 radical (unpaired) electrons. The Morgan fingerprint density at radius 2 is 2.08 bits per heavy atom. The molecule has 1 aromatic carbocycles. The predicted molar refractivity (Wildman–Crippen MR) is 103 cm³/mol. The summed E-state index contributed by atoms with van der Waals surface area (Å²) in [5.74, 6) is 0.895. The molecule has 0 atom stereocenters. The van der Waals surface area contributed by atoms with Crippen LogP contribution in [0, 0.1) is 5.41 Å². The molecule has 0 heterocycles. The predicted octanol–water partition coefficient (Wildman–Crippen LogP) is 4.15. The number of hydrogen-bond acceptors (Lipinski definition) is 2. The van der Waals surface area contributed by atoms with Gasteiger partial charge in [-0.15, -0.1) is 24.0 Å². The van der Waals surface area contributed by atoms with E-state index in [1.165, 1.54) is 31.7 Å². The third-order valence-corrected chi connectivity index (χ3v) is 4.60. The standard InChI is InChI=1S/C17H25F2N3O.HI/c1-3-17(8-5-9-17)12-22-16(20-2)21-11-13-6-4-7-14(10-13)23-15(18)19;/h4,6-7,10,15H,3,5,8-9,11-12H2,1-2H3,(H2,20,21,22);1H. The van der Waals surface area contributed by atoms with Gasteiger partial charge in [0.2, 0.25) is 0 Å². The van der Waals surface area contributed by atoms with E-state index in [2.05, 4.69) is 27.3 Å². The fourth-order valence-electron chi connectivity index (χ4n) is 2.84. The van der Waals surface area contributed by atoms with Crippen LogP contribution in [0.3, 0.4) is 0 Å². The van der Waals surface area contributed by atoms with E-state index in [9.17, 15) is 8.78 Å². The highest BCUT2D eigenvalue weighted by atomic mass is 127. The maximum Gasteiger partial charge on any atom is 0.387 e. The van der Waals surface area contributed by atoms with E-state index in [4.69, 9.17) is 0 Å². The van der Waals surface area contributed by atoms with E-state index >= 15 is 0 Å². The maximum atomic E-state index is 12.2. The minimum Gasteiger partial charge on any atom is -0.435 e. The summed E-state index contributed by atoms with van der Waals surface area (Å²) in [6.45, 7) is 0.836. The van der Waals surface area contributed by atoms with E-state index in [1.54, 1.807) is 19.2 Å². The molecule has 0 aliphatic heterocycles. The molecule has 1 saturated carbocycles. The molecular weight excluding hydrogens is 427 g/mol. The number of rotatable bonds is 7. The van der Waals surface area contributed by atoms with Gasteiger partial charge in [-0.1, -0.05) is 25.5 Å². The monoisotopic (exact) mass is 453 g/mol. The summed E-state index contributed by atoms with van der Waals surface area (Å²) in [4.78, 5) is 4.21. The second kappa shape index (κ2) is 10.0. The number of nitrogens with zero attached hydrogens (tertiary/aromatic N) is 1. The minimum atomic E-state index is -2.81. The number of aliphatic imine (C=N–C) groups is 1. The van der Waals surface area contributed by atoms with E-state index in [1.807, 2.05) is 6.07 Å². The van der Waals surface area contributed by atoms with Gasteiger partial charge in [0.1, 0.15) is 5.75 Å². The van der Waals surface area contributed by atoms with Crippen LogP contribution in [0.25, 0.3) is 0 Å². The Bertz CT molecular complexity index is 531. The summed E-state index contributed by atoms with van der Waals surface area (Å²) in [6.07, 6.45) is 5.00. The van der Waals surface area contributed by atoms with Gasteiger partial charge >= 0.3 is 6.61 Å². The Labute approximate surface area is 159 Å². The molecule has 0 bridgehead atoms. The maximum absolute atomic E-state index is 12.2. The highest BCUT2D eigenvalue weighted by molar-refractivity contribution is 14.0. The smallest absolute Gasteiger partial charge is 0.387 e. The van der Waals surface area contributed by atoms with Crippen LogP contribution in [-0.4, -0.2) is 26.2 Å². The first-order valence-electron chi connectivity index (χ1n) is 8.05. The zero-order chi connectivity index (χ0) is 16.7. The van der Waals surface area contributed by atoms with Gasteiger partial charge in [0, 0.05) is 20.1 Å². The van der Waals surface area contributed by atoms with Crippen molar-refractivity contribution in [2.45, 2.75) is 45.8 Å². The van der Waals surface area contributed by atoms with Crippen molar-refractivity contribution in [3.05, 3.63) is 29.8 Å². The number of halogens is 3. The summed E-state index contributed by atoms with van der Waals surface area (Å²) in [7, 11) is 1.73. The highest BCUT2D eigenvalue weighted by Gasteiger charge is 2.34. The first-order valence-corrected chi connectivity index (χ1v) is 8.05. The van der Waals surface area contributed by atoms with E-state index in [-0.39, 0.29) is 29.7 Å². The molecule has 7 heteroatoms.